The number of hydrogen-bond acceptors (Lipinski definition) is 4. The van der Waals surface area contributed by atoms with Crippen LogP contribution in [0.4, 0.5) is 0 Å². The lowest BCUT2D eigenvalue weighted by Crippen LogP contribution is -2.13. The first kappa shape index (κ1) is 19.2. The molecule has 0 aliphatic rings. The quantitative estimate of drug-likeness (QED) is 0.827. The molecule has 0 radical (unpaired) electrons. The van der Waals surface area contributed by atoms with Gasteiger partial charge in [-0.1, -0.05) is 27.7 Å². The second-order valence-electron chi connectivity index (χ2n) is 6.41. The molecule has 2 aromatic heterocycles. The fraction of sp³-hybridized carbons (Fsp3) is 0.526. The Hall–Kier alpha value is -1.81. The van der Waals surface area contributed by atoms with E-state index < -0.39 is 0 Å². The second-order valence-corrected chi connectivity index (χ2v) is 6.41. The highest BCUT2D eigenvalue weighted by atomic mass is 15.0. The molecule has 126 valence electrons. The van der Waals surface area contributed by atoms with Gasteiger partial charge in [0, 0.05) is 37.5 Å². The van der Waals surface area contributed by atoms with Gasteiger partial charge in [-0.2, -0.15) is 0 Å². The molecule has 0 N–H and O–H groups in total. The Morgan fingerprint density at radius 2 is 1.70 bits per heavy atom. The maximum absolute atomic E-state index is 4.20. The standard InChI is InChI=1S/C12H20N2.C7H10N2/c1-5-10(2)12-8-13-7-6-11(12)9-14(3)4;1-6(2)7-5-8-3-4-9-7/h6-8,10H,5,9H2,1-4H3;3-6H,1-2H3. The van der Waals surface area contributed by atoms with E-state index in [0.717, 1.165) is 12.2 Å². The van der Waals surface area contributed by atoms with Gasteiger partial charge in [0.25, 0.3) is 0 Å². The highest BCUT2D eigenvalue weighted by molar-refractivity contribution is 5.26. The second kappa shape index (κ2) is 10.1. The van der Waals surface area contributed by atoms with Crippen molar-refractivity contribution in [2.45, 2.75) is 52.5 Å². The monoisotopic (exact) mass is 314 g/mol. The predicted molar refractivity (Wildman–Crippen MR) is 96.5 cm³/mol. The molecule has 0 spiro atoms. The first-order chi connectivity index (χ1) is 11.0. The summed E-state index contributed by atoms with van der Waals surface area (Å²) in [5.74, 6) is 1.09. The van der Waals surface area contributed by atoms with E-state index in [2.05, 4.69) is 67.7 Å². The van der Waals surface area contributed by atoms with Crippen molar-refractivity contribution >= 4 is 0 Å². The molecular formula is C19H30N4. The molecule has 23 heavy (non-hydrogen) atoms. The summed E-state index contributed by atoms with van der Waals surface area (Å²) in [6.07, 6.45) is 10.3. The number of pyridine rings is 1. The summed E-state index contributed by atoms with van der Waals surface area (Å²) in [6, 6.07) is 2.13. The molecule has 0 bridgehead atoms. The van der Waals surface area contributed by atoms with Gasteiger partial charge in [-0.15, -0.1) is 0 Å². The van der Waals surface area contributed by atoms with Gasteiger partial charge in [-0.3, -0.25) is 15.0 Å². The normalized spacial score (nSPS) is 12.0. The third-order valence-electron chi connectivity index (χ3n) is 3.75. The smallest absolute Gasteiger partial charge is 0.0612 e. The van der Waals surface area contributed by atoms with Crippen molar-refractivity contribution in [3.8, 4) is 0 Å². The first-order valence-electron chi connectivity index (χ1n) is 8.29. The van der Waals surface area contributed by atoms with E-state index in [1.54, 1.807) is 18.6 Å². The van der Waals surface area contributed by atoms with Crippen LogP contribution in [0.2, 0.25) is 0 Å². The summed E-state index contributed by atoms with van der Waals surface area (Å²) in [6.45, 7) is 9.68. The van der Waals surface area contributed by atoms with Crippen LogP contribution < -0.4 is 0 Å². The van der Waals surface area contributed by atoms with E-state index in [-0.39, 0.29) is 0 Å². The van der Waals surface area contributed by atoms with Gasteiger partial charge in [-0.25, -0.2) is 0 Å². The van der Waals surface area contributed by atoms with Gasteiger partial charge in [-0.05, 0) is 49.5 Å². The van der Waals surface area contributed by atoms with Gasteiger partial charge in [0.2, 0.25) is 0 Å². The molecule has 2 heterocycles. The van der Waals surface area contributed by atoms with Crippen LogP contribution in [0.15, 0.2) is 37.1 Å². The third kappa shape index (κ3) is 6.87. The van der Waals surface area contributed by atoms with Crippen LogP contribution in [0.3, 0.4) is 0 Å². The van der Waals surface area contributed by atoms with E-state index in [9.17, 15) is 0 Å². The molecule has 4 heteroatoms. The van der Waals surface area contributed by atoms with Crippen LogP contribution >= 0.6 is 0 Å². The minimum absolute atomic E-state index is 0.485. The highest BCUT2D eigenvalue weighted by Gasteiger charge is 2.09. The molecule has 0 saturated heterocycles. The Balaban J connectivity index is 0.000000253. The Morgan fingerprint density at radius 1 is 1.00 bits per heavy atom. The van der Waals surface area contributed by atoms with Gasteiger partial charge in [0.05, 0.1) is 5.69 Å². The molecule has 1 atom stereocenters. The average molecular weight is 314 g/mol. The van der Waals surface area contributed by atoms with Gasteiger partial charge < -0.3 is 4.90 Å². The largest absolute Gasteiger partial charge is 0.305 e. The molecule has 2 rings (SSSR count). The number of aromatic nitrogens is 3. The lowest BCUT2D eigenvalue weighted by Gasteiger charge is -2.17. The summed E-state index contributed by atoms with van der Waals surface area (Å²) < 4.78 is 0. The SMILES string of the molecule is CC(C)c1cnccn1.CCC(C)c1cnccc1CN(C)C. The molecule has 0 aliphatic carbocycles. The lowest BCUT2D eigenvalue weighted by molar-refractivity contribution is 0.399. The Labute approximate surface area is 141 Å². The van der Waals surface area contributed by atoms with E-state index in [0.29, 0.717) is 11.8 Å². The van der Waals surface area contributed by atoms with Gasteiger partial charge in [0.1, 0.15) is 0 Å². The summed E-state index contributed by atoms with van der Waals surface area (Å²) in [7, 11) is 4.20. The lowest BCUT2D eigenvalue weighted by atomic mass is 9.95. The van der Waals surface area contributed by atoms with Gasteiger partial charge in [0.15, 0.2) is 0 Å². The molecule has 0 aromatic carbocycles. The summed E-state index contributed by atoms with van der Waals surface area (Å²) in [5.41, 5.74) is 3.85. The maximum atomic E-state index is 4.20. The third-order valence-corrected chi connectivity index (χ3v) is 3.75. The molecule has 2 aromatic rings. The van der Waals surface area contributed by atoms with Crippen LogP contribution in [-0.2, 0) is 6.54 Å². The molecular weight excluding hydrogens is 284 g/mol. The fourth-order valence-corrected chi connectivity index (χ4v) is 2.19. The van der Waals surface area contributed by atoms with Crippen molar-refractivity contribution in [3.63, 3.8) is 0 Å². The first-order valence-corrected chi connectivity index (χ1v) is 8.29. The van der Waals surface area contributed by atoms with E-state index in [4.69, 9.17) is 0 Å². The topological polar surface area (TPSA) is 41.9 Å². The highest BCUT2D eigenvalue weighted by Crippen LogP contribution is 2.22. The van der Waals surface area contributed by atoms with Crippen molar-refractivity contribution in [1.29, 1.82) is 0 Å². The average Bonchev–Trinajstić information content (AvgIpc) is 2.55. The Bertz CT molecular complexity index is 552. The van der Waals surface area contributed by atoms with Crippen molar-refractivity contribution in [2.75, 3.05) is 14.1 Å². The molecule has 0 saturated carbocycles. The van der Waals surface area contributed by atoms with E-state index in [1.807, 2.05) is 12.4 Å². The Morgan fingerprint density at radius 3 is 2.17 bits per heavy atom. The fourth-order valence-electron chi connectivity index (χ4n) is 2.19. The number of hydrogen-bond donors (Lipinski definition) is 0. The zero-order valence-electron chi connectivity index (χ0n) is 15.3. The van der Waals surface area contributed by atoms with Crippen LogP contribution in [0, 0.1) is 0 Å². The number of rotatable bonds is 5. The summed E-state index contributed by atoms with van der Waals surface area (Å²) in [5, 5.41) is 0. The zero-order valence-corrected chi connectivity index (χ0v) is 15.3. The molecule has 1 unspecified atom stereocenters. The van der Waals surface area contributed by atoms with Gasteiger partial charge >= 0.3 is 0 Å². The minimum Gasteiger partial charge on any atom is -0.305 e. The van der Waals surface area contributed by atoms with Crippen LogP contribution in [0.25, 0.3) is 0 Å². The van der Waals surface area contributed by atoms with E-state index in [1.165, 1.54) is 17.5 Å². The van der Waals surface area contributed by atoms with Crippen molar-refractivity contribution in [3.05, 3.63) is 53.9 Å². The molecule has 0 aliphatic heterocycles. The minimum atomic E-state index is 0.485. The zero-order chi connectivity index (χ0) is 17.2. The van der Waals surface area contributed by atoms with Crippen molar-refractivity contribution in [1.82, 2.24) is 19.9 Å². The summed E-state index contributed by atoms with van der Waals surface area (Å²) >= 11 is 0. The van der Waals surface area contributed by atoms with Crippen LogP contribution in [-0.4, -0.2) is 33.9 Å². The number of nitrogens with zero attached hydrogens (tertiary/aromatic N) is 4. The molecule has 0 amide bonds. The van der Waals surface area contributed by atoms with Crippen LogP contribution in [0.5, 0.6) is 0 Å². The maximum Gasteiger partial charge on any atom is 0.0612 e. The predicted octanol–water partition coefficient (Wildman–Crippen LogP) is 4.26. The molecule has 0 fully saturated rings. The molecule has 4 nitrogen and oxygen atoms in total. The summed E-state index contributed by atoms with van der Waals surface area (Å²) in [4.78, 5) is 14.5. The van der Waals surface area contributed by atoms with E-state index >= 15 is 0 Å². The van der Waals surface area contributed by atoms with Crippen LogP contribution in [0.1, 0.15) is 62.8 Å². The Kier molecular flexibility index (Phi) is 8.41. The van der Waals surface area contributed by atoms with Crippen molar-refractivity contribution in [2.24, 2.45) is 0 Å². The van der Waals surface area contributed by atoms with Crippen molar-refractivity contribution < 1.29 is 0 Å².